The lowest BCUT2D eigenvalue weighted by atomic mass is 10.1. The van der Waals surface area contributed by atoms with Gasteiger partial charge >= 0.3 is 0 Å². The molecule has 1 heterocycles. The van der Waals surface area contributed by atoms with Crippen LogP contribution in [0, 0.1) is 0 Å². The summed E-state index contributed by atoms with van der Waals surface area (Å²) in [6.45, 7) is 6.78. The number of hydrogen-bond donors (Lipinski definition) is 1. The lowest BCUT2D eigenvalue weighted by Crippen LogP contribution is -2.52. The first-order valence-corrected chi connectivity index (χ1v) is 9.48. The van der Waals surface area contributed by atoms with Gasteiger partial charge in [-0.1, -0.05) is 17.7 Å². The van der Waals surface area contributed by atoms with Crippen molar-refractivity contribution in [3.8, 4) is 0 Å². The number of Topliss-reactive ketones (excluding diaryl/α,β-unsaturated/α-hetero) is 1. The quantitative estimate of drug-likeness (QED) is 0.797. The maximum absolute atomic E-state index is 12.6. The molecule has 5 nitrogen and oxygen atoms in total. The predicted octanol–water partition coefficient (Wildman–Crippen LogP) is 3.69. The Balaban J connectivity index is 1.54. The lowest BCUT2D eigenvalue weighted by molar-refractivity contribution is -0.120. The first-order valence-electron chi connectivity index (χ1n) is 9.10. The van der Waals surface area contributed by atoms with Crippen LogP contribution in [0.15, 0.2) is 48.5 Å². The Labute approximate surface area is 164 Å². The highest BCUT2D eigenvalue weighted by atomic mass is 35.5. The summed E-state index contributed by atoms with van der Waals surface area (Å²) < 4.78 is 0. The number of rotatable bonds is 5. The van der Waals surface area contributed by atoms with E-state index in [1.165, 1.54) is 6.92 Å². The van der Waals surface area contributed by atoms with E-state index < -0.39 is 0 Å². The number of carbonyl (C=O) groups excluding carboxylic acids is 2. The summed E-state index contributed by atoms with van der Waals surface area (Å²) in [6.07, 6.45) is 0. The molecule has 6 heteroatoms. The number of halogens is 1. The topological polar surface area (TPSA) is 52.7 Å². The van der Waals surface area contributed by atoms with Gasteiger partial charge < -0.3 is 10.2 Å². The summed E-state index contributed by atoms with van der Waals surface area (Å²) in [5.74, 6) is -0.0272. The number of benzene rings is 2. The van der Waals surface area contributed by atoms with Crippen LogP contribution in [-0.4, -0.2) is 48.8 Å². The van der Waals surface area contributed by atoms with Gasteiger partial charge in [0.25, 0.3) is 0 Å². The minimum Gasteiger partial charge on any atom is -0.369 e. The predicted molar refractivity (Wildman–Crippen MR) is 110 cm³/mol. The molecule has 1 aliphatic heterocycles. The molecular weight excluding hydrogens is 362 g/mol. The van der Waals surface area contributed by atoms with E-state index >= 15 is 0 Å². The van der Waals surface area contributed by atoms with Crippen molar-refractivity contribution < 1.29 is 9.59 Å². The maximum atomic E-state index is 12.6. The maximum Gasteiger partial charge on any atom is 0.241 e. The molecule has 0 spiro atoms. The van der Waals surface area contributed by atoms with E-state index in [1.807, 2.05) is 25.1 Å². The number of nitrogens with one attached hydrogen (secondary N) is 1. The standard InChI is InChI=1S/C21H24ClN3O2/c1-15(21(27)23-19-8-6-17(7-9-19)16(2)26)24-10-12-25(13-11-24)20-5-3-4-18(22)14-20/h3-9,14-15H,10-13H2,1-2H3,(H,23,27). The molecule has 0 saturated carbocycles. The van der Waals surface area contributed by atoms with Crippen LogP contribution in [-0.2, 0) is 4.79 Å². The third kappa shape index (κ3) is 4.87. The Morgan fingerprint density at radius 1 is 1.04 bits per heavy atom. The molecule has 1 amide bonds. The summed E-state index contributed by atoms with van der Waals surface area (Å²) in [6, 6.07) is 14.6. The van der Waals surface area contributed by atoms with Gasteiger partial charge in [-0.15, -0.1) is 0 Å². The summed E-state index contributed by atoms with van der Waals surface area (Å²) in [5, 5.41) is 3.67. The van der Waals surface area contributed by atoms with Crippen molar-refractivity contribution in [1.29, 1.82) is 0 Å². The third-order valence-corrected chi connectivity index (χ3v) is 5.21. The Morgan fingerprint density at radius 3 is 2.30 bits per heavy atom. The van der Waals surface area contributed by atoms with Crippen LogP contribution in [0.5, 0.6) is 0 Å². The van der Waals surface area contributed by atoms with Crippen molar-refractivity contribution in [2.24, 2.45) is 0 Å². The minimum atomic E-state index is -0.223. The zero-order chi connectivity index (χ0) is 19.4. The second-order valence-corrected chi connectivity index (χ2v) is 7.24. The fourth-order valence-electron chi connectivity index (χ4n) is 3.24. The van der Waals surface area contributed by atoms with Crippen molar-refractivity contribution in [2.75, 3.05) is 36.4 Å². The molecule has 1 saturated heterocycles. The molecule has 0 aromatic heterocycles. The van der Waals surface area contributed by atoms with Crippen LogP contribution in [0.2, 0.25) is 5.02 Å². The second kappa shape index (κ2) is 8.55. The highest BCUT2D eigenvalue weighted by Gasteiger charge is 2.25. The number of ketones is 1. The van der Waals surface area contributed by atoms with Crippen LogP contribution >= 0.6 is 11.6 Å². The van der Waals surface area contributed by atoms with Crippen molar-refractivity contribution in [2.45, 2.75) is 19.9 Å². The van der Waals surface area contributed by atoms with Crippen LogP contribution in [0.25, 0.3) is 0 Å². The molecule has 27 heavy (non-hydrogen) atoms. The molecule has 1 aliphatic rings. The SMILES string of the molecule is CC(=O)c1ccc(NC(=O)C(C)N2CCN(c3cccc(Cl)c3)CC2)cc1. The third-order valence-electron chi connectivity index (χ3n) is 4.97. The molecule has 1 unspecified atom stereocenters. The number of piperazine rings is 1. The molecule has 2 aromatic carbocycles. The fraction of sp³-hybridized carbons (Fsp3) is 0.333. The minimum absolute atomic E-state index is 0.0128. The molecule has 142 valence electrons. The van der Waals surface area contributed by atoms with Gasteiger partial charge in [0.1, 0.15) is 0 Å². The molecule has 3 rings (SSSR count). The highest BCUT2D eigenvalue weighted by Crippen LogP contribution is 2.21. The number of carbonyl (C=O) groups is 2. The van der Waals surface area contributed by atoms with Crippen LogP contribution in [0.4, 0.5) is 11.4 Å². The molecule has 1 fully saturated rings. The molecule has 0 radical (unpaired) electrons. The van der Waals surface area contributed by atoms with Crippen molar-refractivity contribution >= 4 is 34.7 Å². The van der Waals surface area contributed by atoms with Gasteiger partial charge in [0, 0.05) is 48.1 Å². The van der Waals surface area contributed by atoms with Crippen LogP contribution in [0.3, 0.4) is 0 Å². The van der Waals surface area contributed by atoms with Gasteiger partial charge in [0.2, 0.25) is 5.91 Å². The first kappa shape index (κ1) is 19.4. The molecular formula is C21H24ClN3O2. The van der Waals surface area contributed by atoms with Gasteiger partial charge in [-0.05, 0) is 56.3 Å². The Kier molecular flexibility index (Phi) is 6.14. The van der Waals surface area contributed by atoms with Crippen molar-refractivity contribution in [3.05, 3.63) is 59.1 Å². The van der Waals surface area contributed by atoms with Gasteiger partial charge in [-0.2, -0.15) is 0 Å². The van der Waals surface area contributed by atoms with E-state index in [1.54, 1.807) is 24.3 Å². The van der Waals surface area contributed by atoms with E-state index in [0.29, 0.717) is 11.3 Å². The number of amides is 1. The Morgan fingerprint density at radius 2 is 1.70 bits per heavy atom. The van der Waals surface area contributed by atoms with E-state index in [2.05, 4.69) is 21.2 Å². The van der Waals surface area contributed by atoms with Crippen LogP contribution < -0.4 is 10.2 Å². The zero-order valence-corrected chi connectivity index (χ0v) is 16.4. The van der Waals surface area contributed by atoms with E-state index in [4.69, 9.17) is 11.6 Å². The normalized spacial score (nSPS) is 16.0. The number of nitrogens with zero attached hydrogens (tertiary/aromatic N) is 2. The van der Waals surface area contributed by atoms with Gasteiger partial charge in [-0.25, -0.2) is 0 Å². The summed E-state index contributed by atoms with van der Waals surface area (Å²) in [5.41, 5.74) is 2.46. The molecule has 0 bridgehead atoms. The fourth-order valence-corrected chi connectivity index (χ4v) is 3.43. The summed E-state index contributed by atoms with van der Waals surface area (Å²) in [7, 11) is 0. The lowest BCUT2D eigenvalue weighted by Gasteiger charge is -2.38. The van der Waals surface area contributed by atoms with Crippen molar-refractivity contribution in [3.63, 3.8) is 0 Å². The first-order chi connectivity index (χ1) is 12.9. The monoisotopic (exact) mass is 385 g/mol. The van der Waals surface area contributed by atoms with E-state index in [0.717, 1.165) is 36.9 Å². The largest absolute Gasteiger partial charge is 0.369 e. The summed E-state index contributed by atoms with van der Waals surface area (Å²) in [4.78, 5) is 28.4. The van der Waals surface area contributed by atoms with E-state index in [-0.39, 0.29) is 17.7 Å². The Hall–Kier alpha value is -2.37. The number of anilines is 2. The summed E-state index contributed by atoms with van der Waals surface area (Å²) >= 11 is 6.08. The van der Waals surface area contributed by atoms with Crippen molar-refractivity contribution in [1.82, 2.24) is 4.90 Å². The Bertz CT molecular complexity index is 814. The van der Waals surface area contributed by atoms with E-state index in [9.17, 15) is 9.59 Å². The smallest absolute Gasteiger partial charge is 0.241 e. The molecule has 0 aliphatic carbocycles. The van der Waals surface area contributed by atoms with Crippen LogP contribution in [0.1, 0.15) is 24.2 Å². The van der Waals surface area contributed by atoms with Gasteiger partial charge in [0.15, 0.2) is 5.78 Å². The zero-order valence-electron chi connectivity index (χ0n) is 15.6. The van der Waals surface area contributed by atoms with Gasteiger partial charge in [0.05, 0.1) is 6.04 Å². The molecule has 1 N–H and O–H groups in total. The number of hydrogen-bond acceptors (Lipinski definition) is 4. The molecule has 2 aromatic rings. The average Bonchev–Trinajstić information content (AvgIpc) is 2.68. The van der Waals surface area contributed by atoms with Gasteiger partial charge in [-0.3, -0.25) is 14.5 Å². The average molecular weight is 386 g/mol. The molecule has 1 atom stereocenters. The highest BCUT2D eigenvalue weighted by molar-refractivity contribution is 6.30. The second-order valence-electron chi connectivity index (χ2n) is 6.80.